The van der Waals surface area contributed by atoms with Gasteiger partial charge in [-0.15, -0.1) is 27.5 Å². The minimum atomic E-state index is -1.87. The summed E-state index contributed by atoms with van der Waals surface area (Å²) in [6.07, 6.45) is 3.17. The molecule has 2 nitrogen and oxygen atoms in total. The fourth-order valence-electron chi connectivity index (χ4n) is 2.08. The minimum Gasteiger partial charge on any atom is -0.574 e. The number of aryl methyl sites for hydroxylation is 3. The molecule has 0 aliphatic rings. The summed E-state index contributed by atoms with van der Waals surface area (Å²) in [5.41, 5.74) is 3.49. The first-order chi connectivity index (χ1) is 12.5. The Bertz CT molecular complexity index is 825. The van der Waals surface area contributed by atoms with Gasteiger partial charge >= 0.3 is 18.9 Å². The molecule has 0 fully saturated rings. The van der Waals surface area contributed by atoms with Gasteiger partial charge in [-0.2, -0.15) is 6.07 Å². The summed E-state index contributed by atoms with van der Waals surface area (Å²) in [6, 6.07) is 5.46. The Hall–Kier alpha value is 0.565. The van der Waals surface area contributed by atoms with Crippen LogP contribution in [0.5, 0.6) is 5.88 Å². The van der Waals surface area contributed by atoms with E-state index in [-0.39, 0.29) is 65.4 Å². The summed E-state index contributed by atoms with van der Waals surface area (Å²) in [7, 11) is -1.92. The van der Waals surface area contributed by atoms with E-state index >= 15 is 0 Å². The Morgan fingerprint density at radius 1 is 0.967 bits per heavy atom. The first-order valence-corrected chi connectivity index (χ1v) is 15.6. The molecule has 6 heteroatoms. The molecule has 0 saturated heterocycles. The molecule has 30 heavy (non-hydrogen) atoms. The van der Waals surface area contributed by atoms with E-state index in [1.165, 1.54) is 5.56 Å². The molecule has 0 amide bonds. The first kappa shape index (κ1) is 32.7. The molecule has 0 aliphatic carbocycles. The van der Waals surface area contributed by atoms with Crippen molar-refractivity contribution in [2.24, 2.45) is 0 Å². The number of aromatic nitrogens is 1. The smallest absolute Gasteiger partial charge is 0.574 e. The number of hydrogen-bond acceptors (Lipinski definition) is 2. The second-order valence-electron chi connectivity index (χ2n) is 10.6. The Morgan fingerprint density at radius 3 is 1.83 bits per heavy atom. The Morgan fingerprint density at radius 2 is 1.43 bits per heavy atom. The second-order valence-corrected chi connectivity index (χ2v) is 18.8. The van der Waals surface area contributed by atoms with Crippen molar-refractivity contribution in [2.45, 2.75) is 98.6 Å². The fourth-order valence-corrected chi connectivity index (χ4v) is 3.01. The van der Waals surface area contributed by atoms with Crippen LogP contribution in [0.3, 0.4) is 0 Å². The third-order valence-corrected chi connectivity index (χ3v) is 13.5. The van der Waals surface area contributed by atoms with Gasteiger partial charge < -0.3 is 9.41 Å². The standard InChI is InChI=1S/C18H25NOSi.C6H15Si.Li.Y/c1-12-9-13(2)15-10-17(19-11-16(15)14(12)3)20-21(7,8)18(4,5)6;1-6(2,3)7(4)5;;/h10H,1-8H3;1-5H3;;/q-2;;+1;. The summed E-state index contributed by atoms with van der Waals surface area (Å²) in [6.45, 7) is 29.0. The zero-order valence-corrected chi connectivity index (χ0v) is 26.8. The molecule has 0 bridgehead atoms. The van der Waals surface area contributed by atoms with Crippen LogP contribution in [0.15, 0.2) is 6.07 Å². The predicted octanol–water partition coefficient (Wildman–Crippen LogP) is 4.69. The molecule has 2 aromatic rings. The largest absolute Gasteiger partial charge is 1.00 e. The average molecular weight is 511 g/mol. The van der Waals surface area contributed by atoms with Crippen LogP contribution in [0, 0.1) is 33.0 Å². The van der Waals surface area contributed by atoms with E-state index in [1.54, 1.807) is 0 Å². The monoisotopic (exact) mass is 510 g/mol. The molecule has 0 saturated carbocycles. The zero-order valence-electron chi connectivity index (χ0n) is 22.0. The SMILES string of the molecule is C[Si](C)C(C)(C)C.Cc1[c-]c(C)c2cc(O[Si](C)(C)C(C)(C)C)n[c-]c2c1C.[Li+].[Y]. The maximum absolute atomic E-state index is 6.28. The van der Waals surface area contributed by atoms with Gasteiger partial charge in [0.25, 0.3) is 0 Å². The maximum Gasteiger partial charge on any atom is 1.00 e. The van der Waals surface area contributed by atoms with Gasteiger partial charge in [-0.25, -0.2) is 0 Å². The third-order valence-electron chi connectivity index (χ3n) is 6.20. The Balaban J connectivity index is 0. The van der Waals surface area contributed by atoms with E-state index in [1.807, 2.05) is 6.07 Å². The normalized spacial score (nSPS) is 11.9. The van der Waals surface area contributed by atoms with Crippen molar-refractivity contribution in [3.05, 3.63) is 35.0 Å². The van der Waals surface area contributed by atoms with Crippen LogP contribution < -0.4 is 23.3 Å². The Labute approximate surface area is 226 Å². The number of hydrogen-bond donors (Lipinski definition) is 0. The van der Waals surface area contributed by atoms with Crippen LogP contribution in [-0.2, 0) is 32.7 Å². The summed E-state index contributed by atoms with van der Waals surface area (Å²) < 4.78 is 6.28. The van der Waals surface area contributed by atoms with Crippen LogP contribution in [0.4, 0.5) is 0 Å². The number of benzene rings is 1. The van der Waals surface area contributed by atoms with E-state index in [9.17, 15) is 0 Å². The summed E-state index contributed by atoms with van der Waals surface area (Å²) in [4.78, 5) is 4.42. The molecular formula is C24H40LiNOSi2Y-. The van der Waals surface area contributed by atoms with Gasteiger partial charge in [0.15, 0.2) is 0 Å². The van der Waals surface area contributed by atoms with Crippen molar-refractivity contribution in [1.29, 1.82) is 0 Å². The minimum absolute atomic E-state index is 0. The Kier molecular flexibility index (Phi) is 13.3. The fraction of sp³-hybridized carbons (Fsp3) is 0.625. The molecule has 0 unspecified atom stereocenters. The zero-order chi connectivity index (χ0) is 22.1. The maximum atomic E-state index is 6.28. The molecule has 0 aliphatic heterocycles. The van der Waals surface area contributed by atoms with E-state index in [0.717, 1.165) is 21.9 Å². The molecule has 2 radical (unpaired) electrons. The van der Waals surface area contributed by atoms with Crippen LogP contribution in [0.1, 0.15) is 58.2 Å². The number of rotatable bonds is 2. The van der Waals surface area contributed by atoms with E-state index in [4.69, 9.17) is 4.43 Å². The summed E-state index contributed by atoms with van der Waals surface area (Å²) >= 11 is 0. The predicted molar refractivity (Wildman–Crippen MR) is 129 cm³/mol. The molecule has 1 heterocycles. The van der Waals surface area contributed by atoms with Gasteiger partial charge in [0.1, 0.15) is 5.88 Å². The van der Waals surface area contributed by atoms with Crippen molar-refractivity contribution < 1.29 is 56.0 Å². The quantitative estimate of drug-likeness (QED) is 0.432. The number of pyridine rings is 1. The van der Waals surface area contributed by atoms with Crippen molar-refractivity contribution >= 4 is 27.9 Å². The van der Waals surface area contributed by atoms with Crippen molar-refractivity contribution in [3.8, 4) is 5.88 Å². The molecule has 160 valence electrons. The first-order valence-electron chi connectivity index (χ1n) is 10.2. The average Bonchev–Trinajstić information content (AvgIpc) is 2.51. The van der Waals surface area contributed by atoms with Crippen LogP contribution in [0.25, 0.3) is 10.8 Å². The number of fused-ring (bicyclic) bond motifs is 1. The van der Waals surface area contributed by atoms with E-state index in [2.05, 4.69) is 106 Å². The van der Waals surface area contributed by atoms with Crippen molar-refractivity contribution in [1.82, 2.24) is 4.98 Å². The molecule has 1 aromatic heterocycles. The molecular weight excluding hydrogens is 470 g/mol. The van der Waals surface area contributed by atoms with Crippen molar-refractivity contribution in [2.75, 3.05) is 0 Å². The molecule has 0 spiro atoms. The third kappa shape index (κ3) is 8.83. The molecule has 2 rings (SSSR count). The van der Waals surface area contributed by atoms with E-state index in [0.29, 0.717) is 10.9 Å². The summed E-state index contributed by atoms with van der Waals surface area (Å²) in [5.74, 6) is 0.689. The topological polar surface area (TPSA) is 22.1 Å². The number of nitrogens with zero attached hydrogens (tertiary/aromatic N) is 1. The van der Waals surface area contributed by atoms with Crippen LogP contribution >= 0.6 is 0 Å². The van der Waals surface area contributed by atoms with Crippen LogP contribution in [-0.4, -0.2) is 22.1 Å². The molecule has 0 N–H and O–H groups in total. The van der Waals surface area contributed by atoms with Gasteiger partial charge in [-0.05, 0) is 29.4 Å². The van der Waals surface area contributed by atoms with Gasteiger partial charge in [0, 0.05) is 41.5 Å². The van der Waals surface area contributed by atoms with Gasteiger partial charge in [0.2, 0.25) is 8.32 Å². The summed E-state index contributed by atoms with van der Waals surface area (Å²) in [5, 5.41) is 2.98. The second kappa shape index (κ2) is 12.1. The molecule has 1 aromatic carbocycles. The van der Waals surface area contributed by atoms with Gasteiger partial charge in [-0.1, -0.05) is 81.5 Å². The van der Waals surface area contributed by atoms with E-state index < -0.39 is 8.32 Å². The van der Waals surface area contributed by atoms with Crippen LogP contribution in [0.2, 0.25) is 36.3 Å². The van der Waals surface area contributed by atoms with Gasteiger partial charge in [-0.3, -0.25) is 0 Å². The molecule has 0 atom stereocenters. The van der Waals surface area contributed by atoms with Gasteiger partial charge in [0.05, 0.1) is 0 Å². The van der Waals surface area contributed by atoms with Crippen molar-refractivity contribution in [3.63, 3.8) is 0 Å².